The van der Waals surface area contributed by atoms with Crippen LogP contribution < -0.4 is 14.4 Å². The molecule has 1 aromatic heterocycles. The normalized spacial score (nSPS) is 12.9. The molecule has 6 rings (SSSR count). The number of aromatic nitrogens is 1. The van der Waals surface area contributed by atoms with E-state index in [2.05, 4.69) is 58.1 Å². The van der Waals surface area contributed by atoms with Crippen molar-refractivity contribution in [3.8, 4) is 17.4 Å². The highest BCUT2D eigenvalue weighted by molar-refractivity contribution is 6.32. The first-order chi connectivity index (χ1) is 25.2. The number of piperazine rings is 1. The van der Waals surface area contributed by atoms with Crippen molar-refractivity contribution >= 4 is 54.1 Å². The summed E-state index contributed by atoms with van der Waals surface area (Å²) in [5, 5.41) is 0.438. The number of carbonyl (C=O) groups is 1. The summed E-state index contributed by atoms with van der Waals surface area (Å²) in [5.74, 6) is 1.34. The van der Waals surface area contributed by atoms with Crippen LogP contribution in [0, 0.1) is 19.7 Å². The van der Waals surface area contributed by atoms with Crippen molar-refractivity contribution in [2.75, 3.05) is 44.7 Å². The molecule has 0 N–H and O–H groups in total. The van der Waals surface area contributed by atoms with E-state index in [-0.39, 0.29) is 36.5 Å². The number of rotatable bonds is 13. The molecule has 0 spiro atoms. The first-order valence-corrected chi connectivity index (χ1v) is 17.9. The third-order valence-corrected chi connectivity index (χ3v) is 9.51. The molecule has 284 valence electrons. The monoisotopic (exact) mass is 790 g/mol. The van der Waals surface area contributed by atoms with Crippen molar-refractivity contribution in [2.45, 2.75) is 33.4 Å². The van der Waals surface area contributed by atoms with Crippen molar-refractivity contribution in [3.05, 3.63) is 154 Å². The number of hydrogen-bond acceptors (Lipinski definition) is 6. The number of nitrogens with zero attached hydrogens (tertiary/aromatic N) is 4. The lowest BCUT2D eigenvalue weighted by molar-refractivity contribution is -0.127. The largest absolute Gasteiger partial charge is 0.487 e. The highest BCUT2D eigenvalue weighted by Crippen LogP contribution is 2.34. The van der Waals surface area contributed by atoms with Crippen LogP contribution in [0.1, 0.15) is 33.4 Å². The smallest absolute Gasteiger partial charge is 0.246 e. The van der Waals surface area contributed by atoms with E-state index in [0.29, 0.717) is 42.1 Å². The summed E-state index contributed by atoms with van der Waals surface area (Å²) in [7, 11) is 2.02. The fraction of sp³-hybridized carbons (Fsp3) is 0.256. The molecule has 11 heteroatoms. The zero-order valence-corrected chi connectivity index (χ0v) is 33.1. The van der Waals surface area contributed by atoms with E-state index in [1.807, 2.05) is 43.1 Å². The number of likely N-dealkylation sites (N-methyl/N-ethyl adjacent to an activating group) is 1. The van der Waals surface area contributed by atoms with Gasteiger partial charge in [-0.1, -0.05) is 65.7 Å². The fourth-order valence-corrected chi connectivity index (χ4v) is 6.35. The van der Waals surface area contributed by atoms with Gasteiger partial charge in [-0.15, -0.1) is 24.8 Å². The van der Waals surface area contributed by atoms with Crippen LogP contribution in [0.4, 0.5) is 10.1 Å². The first-order valence-electron chi connectivity index (χ1n) is 17.5. The molecule has 0 radical (unpaired) electrons. The Morgan fingerprint density at radius 3 is 2.19 bits per heavy atom. The highest BCUT2D eigenvalue weighted by atomic mass is 35.5. The number of hydrogen-bond donors (Lipinski definition) is 0. The number of halogens is 4. The Balaban J connectivity index is 0.00000325. The van der Waals surface area contributed by atoms with Gasteiger partial charge >= 0.3 is 0 Å². The summed E-state index contributed by atoms with van der Waals surface area (Å²) in [6.07, 6.45) is 5.96. The van der Waals surface area contributed by atoms with E-state index in [4.69, 9.17) is 21.1 Å². The number of ether oxygens (including phenoxy) is 2. The van der Waals surface area contributed by atoms with Gasteiger partial charge in [0.15, 0.2) is 5.75 Å². The van der Waals surface area contributed by atoms with Crippen molar-refractivity contribution in [2.24, 2.45) is 0 Å². The van der Waals surface area contributed by atoms with E-state index in [1.165, 1.54) is 28.8 Å². The van der Waals surface area contributed by atoms with Crippen LogP contribution in [0.5, 0.6) is 17.4 Å². The summed E-state index contributed by atoms with van der Waals surface area (Å²) in [4.78, 5) is 23.9. The lowest BCUT2D eigenvalue weighted by Crippen LogP contribution is -2.47. The molecule has 4 aromatic carbocycles. The Labute approximate surface area is 335 Å². The molecule has 7 nitrogen and oxygen atoms in total. The maximum Gasteiger partial charge on any atom is 0.246 e. The van der Waals surface area contributed by atoms with Crippen LogP contribution in [0.3, 0.4) is 0 Å². The van der Waals surface area contributed by atoms with E-state index in [0.717, 1.165) is 55.0 Å². The molecule has 1 saturated heterocycles. The molecule has 0 aliphatic carbocycles. The van der Waals surface area contributed by atoms with Gasteiger partial charge in [-0.25, -0.2) is 9.37 Å². The zero-order valence-electron chi connectivity index (χ0n) is 30.7. The Morgan fingerprint density at radius 2 is 1.54 bits per heavy atom. The van der Waals surface area contributed by atoms with Crippen LogP contribution in [0.2, 0.25) is 5.02 Å². The lowest BCUT2D eigenvalue weighted by Gasteiger charge is -2.34. The van der Waals surface area contributed by atoms with Crippen LogP contribution in [-0.2, 0) is 24.4 Å². The Kier molecular flexibility index (Phi) is 15.8. The summed E-state index contributed by atoms with van der Waals surface area (Å²) < 4.78 is 25.1. The summed E-state index contributed by atoms with van der Waals surface area (Å²) in [5.41, 5.74) is 7.47. The second-order valence-electron chi connectivity index (χ2n) is 13.3. The molecule has 1 aliphatic heterocycles. The maximum atomic E-state index is 13.2. The number of pyridine rings is 1. The van der Waals surface area contributed by atoms with E-state index >= 15 is 0 Å². The van der Waals surface area contributed by atoms with Gasteiger partial charge in [0, 0.05) is 64.1 Å². The Morgan fingerprint density at radius 1 is 0.870 bits per heavy atom. The molecule has 1 amide bonds. The number of carbonyl (C=O) groups excluding carboxylic acids is 1. The number of amides is 1. The molecule has 0 bridgehead atoms. The molecular weight excluding hydrogens is 746 g/mol. The number of aryl methyl sites for hydroxylation is 2. The second-order valence-corrected chi connectivity index (χ2v) is 13.7. The van der Waals surface area contributed by atoms with Gasteiger partial charge in [0.1, 0.15) is 18.2 Å². The van der Waals surface area contributed by atoms with Crippen molar-refractivity contribution in [1.29, 1.82) is 0 Å². The maximum absolute atomic E-state index is 13.2. The average Bonchev–Trinajstić information content (AvgIpc) is 3.16. The van der Waals surface area contributed by atoms with Crippen LogP contribution in [-0.4, -0.2) is 60.5 Å². The van der Waals surface area contributed by atoms with Gasteiger partial charge in [0.2, 0.25) is 11.8 Å². The van der Waals surface area contributed by atoms with E-state index < -0.39 is 0 Å². The first kappa shape index (κ1) is 42.1. The number of anilines is 1. The van der Waals surface area contributed by atoms with E-state index in [9.17, 15) is 9.18 Å². The van der Waals surface area contributed by atoms with Gasteiger partial charge in [0.25, 0.3) is 0 Å². The topological polar surface area (TPSA) is 58.1 Å². The van der Waals surface area contributed by atoms with Crippen LogP contribution in [0.25, 0.3) is 6.08 Å². The summed E-state index contributed by atoms with van der Waals surface area (Å²) in [6, 6.07) is 30.9. The second kappa shape index (κ2) is 20.2. The lowest BCUT2D eigenvalue weighted by atomic mass is 10.1. The SMILES string of the molecule is Cc1ccc(COc2ccc(Oc3c(C)cc(/C=C/C(=O)N4CCN(Cc5ccc(CCN(C)c6ccc(F)cc6)cc5)CC4)cc3Cl)nc2)cc1.Cl.Cl. The molecule has 0 saturated carbocycles. The average molecular weight is 792 g/mol. The predicted molar refractivity (Wildman–Crippen MR) is 221 cm³/mol. The van der Waals surface area contributed by atoms with Gasteiger partial charge < -0.3 is 19.3 Å². The Bertz CT molecular complexity index is 1950. The molecular formula is C43H46Cl3FN4O3. The van der Waals surface area contributed by atoms with Gasteiger partial charge in [-0.2, -0.15) is 0 Å². The van der Waals surface area contributed by atoms with Gasteiger partial charge in [0.05, 0.1) is 11.2 Å². The fourth-order valence-electron chi connectivity index (χ4n) is 6.04. The summed E-state index contributed by atoms with van der Waals surface area (Å²) in [6.45, 7) is 9.10. The minimum atomic E-state index is -0.221. The number of benzene rings is 4. The van der Waals surface area contributed by atoms with Crippen LogP contribution >= 0.6 is 36.4 Å². The van der Waals surface area contributed by atoms with Crippen LogP contribution in [0.15, 0.2) is 109 Å². The zero-order chi connectivity index (χ0) is 36.5. The summed E-state index contributed by atoms with van der Waals surface area (Å²) >= 11 is 6.63. The molecule has 54 heavy (non-hydrogen) atoms. The molecule has 2 heterocycles. The highest BCUT2D eigenvalue weighted by Gasteiger charge is 2.20. The molecule has 0 unspecified atom stereocenters. The predicted octanol–water partition coefficient (Wildman–Crippen LogP) is 9.74. The molecule has 0 atom stereocenters. The molecule has 1 aliphatic rings. The van der Waals surface area contributed by atoms with Crippen molar-refractivity contribution in [3.63, 3.8) is 0 Å². The van der Waals surface area contributed by atoms with Crippen molar-refractivity contribution < 1.29 is 18.7 Å². The molecule has 5 aromatic rings. The third-order valence-electron chi connectivity index (χ3n) is 9.23. The van der Waals surface area contributed by atoms with Gasteiger partial charge in [-0.05, 0) is 96.6 Å². The molecule has 1 fully saturated rings. The quantitative estimate of drug-likeness (QED) is 0.111. The van der Waals surface area contributed by atoms with Gasteiger partial charge in [-0.3, -0.25) is 9.69 Å². The minimum Gasteiger partial charge on any atom is -0.487 e. The minimum absolute atomic E-state index is 0. The standard InChI is InChI=1S/C43H44ClFN4O3.2ClH/c1-31-4-6-35(7-5-31)30-51-39-17-18-41(46-28-39)52-43-32(2)26-36(27-40(43)44)12-19-42(50)49-24-22-48(23-25-49)29-34-10-8-33(9-11-34)20-21-47(3)38-15-13-37(45)14-16-38;;/h4-19,26-28H,20-25,29-30H2,1-3H3;2*1H/b19-12+;;. The Hall–Kier alpha value is -4.60. The van der Waals surface area contributed by atoms with Crippen molar-refractivity contribution in [1.82, 2.24) is 14.8 Å². The van der Waals surface area contributed by atoms with E-state index in [1.54, 1.807) is 42.6 Å². The third kappa shape index (κ3) is 12.0.